The summed E-state index contributed by atoms with van der Waals surface area (Å²) in [5.41, 5.74) is 2.68. The molecule has 0 saturated heterocycles. The fourth-order valence-corrected chi connectivity index (χ4v) is 2.81. The maximum Gasteiger partial charge on any atom is 0.331 e. The summed E-state index contributed by atoms with van der Waals surface area (Å²) >= 11 is 1.49. The number of likely N-dealkylation sites (N-methyl/N-ethyl adjacent to an activating group) is 1. The van der Waals surface area contributed by atoms with Crippen LogP contribution in [0.1, 0.15) is 16.0 Å². The van der Waals surface area contributed by atoms with Gasteiger partial charge in [-0.2, -0.15) is 0 Å². The summed E-state index contributed by atoms with van der Waals surface area (Å²) in [5, 5.41) is 4.68. The number of nitrogens with zero attached hydrogens (tertiary/aromatic N) is 1. The van der Waals surface area contributed by atoms with E-state index in [4.69, 9.17) is 4.74 Å². The minimum Gasteiger partial charge on any atom is -0.452 e. The molecule has 1 aromatic carbocycles. The molecular weight excluding hydrogens is 364 g/mol. The van der Waals surface area contributed by atoms with Crippen LogP contribution in [0.15, 0.2) is 41.8 Å². The first-order chi connectivity index (χ1) is 12.8. The molecule has 27 heavy (non-hydrogen) atoms. The van der Waals surface area contributed by atoms with Crippen molar-refractivity contribution in [1.82, 2.24) is 4.90 Å². The largest absolute Gasteiger partial charge is 0.452 e. The number of benzene rings is 1. The monoisotopic (exact) mass is 386 g/mol. The molecule has 1 heterocycles. The van der Waals surface area contributed by atoms with Crippen molar-refractivity contribution in [3.8, 4) is 0 Å². The van der Waals surface area contributed by atoms with Crippen molar-refractivity contribution in [1.29, 1.82) is 0 Å². The van der Waals surface area contributed by atoms with Crippen LogP contribution in [0.4, 0.5) is 5.69 Å². The average molecular weight is 386 g/mol. The number of rotatable bonds is 7. The Morgan fingerprint density at radius 3 is 2.70 bits per heavy atom. The lowest BCUT2D eigenvalue weighted by Gasteiger charge is -2.17. The van der Waals surface area contributed by atoms with Gasteiger partial charge in [0.25, 0.3) is 5.91 Å². The van der Waals surface area contributed by atoms with Gasteiger partial charge in [-0.1, -0.05) is 18.2 Å². The number of anilines is 1. The first-order valence-corrected chi connectivity index (χ1v) is 9.22. The number of aryl methyl sites for hydroxylation is 2. The zero-order valence-corrected chi connectivity index (χ0v) is 16.3. The number of amides is 2. The predicted molar refractivity (Wildman–Crippen MR) is 106 cm³/mol. The van der Waals surface area contributed by atoms with Gasteiger partial charge in [-0.3, -0.25) is 9.59 Å². The molecule has 0 aliphatic carbocycles. The molecule has 0 aliphatic rings. The molecule has 0 spiro atoms. The molecule has 7 heteroatoms. The molecule has 1 N–H and O–H groups in total. The van der Waals surface area contributed by atoms with E-state index in [2.05, 4.69) is 5.32 Å². The zero-order chi connectivity index (χ0) is 19.8. The lowest BCUT2D eigenvalue weighted by Crippen LogP contribution is -2.37. The zero-order valence-electron chi connectivity index (χ0n) is 15.5. The molecule has 2 rings (SSSR count). The highest BCUT2D eigenvalue weighted by molar-refractivity contribution is 7.10. The van der Waals surface area contributed by atoms with Gasteiger partial charge in [0.15, 0.2) is 6.61 Å². The predicted octanol–water partition coefficient (Wildman–Crippen LogP) is 3.02. The standard InChI is InChI=1S/C20H22N2O4S/c1-14-6-7-15(2)17(11-14)21-18(23)12-22(3)19(24)13-26-20(25)9-8-16-5-4-10-27-16/h4-11H,12-13H2,1-3H3,(H,21,23)/b9-8+. The molecule has 0 fully saturated rings. The quantitative estimate of drug-likeness (QED) is 0.586. The van der Waals surface area contributed by atoms with Crippen molar-refractivity contribution in [2.75, 3.05) is 25.5 Å². The number of nitrogens with one attached hydrogen (secondary N) is 1. The van der Waals surface area contributed by atoms with Gasteiger partial charge >= 0.3 is 5.97 Å². The summed E-state index contributed by atoms with van der Waals surface area (Å²) in [7, 11) is 1.49. The van der Waals surface area contributed by atoms with Crippen LogP contribution in [0, 0.1) is 13.8 Å². The van der Waals surface area contributed by atoms with E-state index in [1.54, 1.807) is 6.08 Å². The first-order valence-electron chi connectivity index (χ1n) is 8.34. The Kier molecular flexibility index (Phi) is 7.31. The highest BCUT2D eigenvalue weighted by Gasteiger charge is 2.15. The summed E-state index contributed by atoms with van der Waals surface area (Å²) < 4.78 is 4.91. The molecular formula is C20H22N2O4S. The molecule has 0 atom stereocenters. The van der Waals surface area contributed by atoms with Crippen molar-refractivity contribution in [3.05, 3.63) is 57.8 Å². The average Bonchev–Trinajstić information content (AvgIpc) is 3.14. The number of hydrogen-bond donors (Lipinski definition) is 1. The van der Waals surface area contributed by atoms with Crippen molar-refractivity contribution in [2.24, 2.45) is 0 Å². The van der Waals surface area contributed by atoms with Crippen LogP contribution in [-0.2, 0) is 19.1 Å². The third kappa shape index (κ3) is 6.71. The summed E-state index contributed by atoms with van der Waals surface area (Å²) in [6.07, 6.45) is 2.89. The summed E-state index contributed by atoms with van der Waals surface area (Å²) in [4.78, 5) is 38.0. The number of thiophene rings is 1. The molecule has 0 radical (unpaired) electrons. The van der Waals surface area contributed by atoms with Crippen molar-refractivity contribution >= 4 is 40.9 Å². The Morgan fingerprint density at radius 1 is 1.22 bits per heavy atom. The first kappa shape index (κ1) is 20.4. The Hall–Kier alpha value is -2.93. The van der Waals surface area contributed by atoms with Gasteiger partial charge < -0.3 is 15.0 Å². The lowest BCUT2D eigenvalue weighted by molar-refractivity contribution is -0.148. The fraction of sp³-hybridized carbons (Fsp3) is 0.250. The number of carbonyl (C=O) groups excluding carboxylic acids is 3. The smallest absolute Gasteiger partial charge is 0.331 e. The Labute approximate surface area is 162 Å². The third-order valence-electron chi connectivity index (χ3n) is 3.74. The summed E-state index contributed by atoms with van der Waals surface area (Å²) in [6.45, 7) is 3.29. The summed E-state index contributed by atoms with van der Waals surface area (Å²) in [6, 6.07) is 9.49. The molecule has 0 unspecified atom stereocenters. The van der Waals surface area contributed by atoms with E-state index in [1.807, 2.05) is 49.6 Å². The second-order valence-corrected chi connectivity index (χ2v) is 7.05. The van der Waals surface area contributed by atoms with E-state index in [0.717, 1.165) is 16.0 Å². The van der Waals surface area contributed by atoms with Gasteiger partial charge in [-0.15, -0.1) is 11.3 Å². The Bertz CT molecular complexity index is 844. The fourth-order valence-electron chi connectivity index (χ4n) is 2.19. The van der Waals surface area contributed by atoms with E-state index in [9.17, 15) is 14.4 Å². The molecule has 2 aromatic rings. The maximum absolute atomic E-state index is 12.1. The SMILES string of the molecule is Cc1ccc(C)c(NC(=O)CN(C)C(=O)COC(=O)/C=C/c2cccs2)c1. The second-order valence-electron chi connectivity index (χ2n) is 6.07. The lowest BCUT2D eigenvalue weighted by atomic mass is 10.1. The maximum atomic E-state index is 12.1. The van der Waals surface area contributed by atoms with Crippen LogP contribution < -0.4 is 5.32 Å². The van der Waals surface area contributed by atoms with E-state index < -0.39 is 18.5 Å². The Balaban J connectivity index is 1.78. The van der Waals surface area contributed by atoms with Gasteiger partial charge in [0.2, 0.25) is 5.91 Å². The minimum atomic E-state index is -0.606. The van der Waals surface area contributed by atoms with Crippen molar-refractivity contribution < 1.29 is 19.1 Å². The van der Waals surface area contributed by atoms with Crippen LogP contribution in [0.25, 0.3) is 6.08 Å². The Morgan fingerprint density at radius 2 is 2.00 bits per heavy atom. The van der Waals surface area contributed by atoms with Crippen molar-refractivity contribution in [3.63, 3.8) is 0 Å². The molecule has 0 bridgehead atoms. The highest BCUT2D eigenvalue weighted by Crippen LogP contribution is 2.16. The third-order valence-corrected chi connectivity index (χ3v) is 4.58. The van der Waals surface area contributed by atoms with E-state index in [0.29, 0.717) is 5.69 Å². The normalized spacial score (nSPS) is 10.6. The van der Waals surface area contributed by atoms with Crippen LogP contribution in [-0.4, -0.2) is 42.9 Å². The molecule has 0 aliphatic heterocycles. The van der Waals surface area contributed by atoms with E-state index >= 15 is 0 Å². The van der Waals surface area contributed by atoms with Crippen LogP contribution in [0.5, 0.6) is 0 Å². The van der Waals surface area contributed by atoms with Crippen molar-refractivity contribution in [2.45, 2.75) is 13.8 Å². The van der Waals surface area contributed by atoms with Crippen LogP contribution in [0.3, 0.4) is 0 Å². The number of esters is 1. The van der Waals surface area contributed by atoms with Crippen LogP contribution >= 0.6 is 11.3 Å². The van der Waals surface area contributed by atoms with Gasteiger partial charge in [-0.05, 0) is 48.6 Å². The van der Waals surface area contributed by atoms with Crippen LogP contribution in [0.2, 0.25) is 0 Å². The second kappa shape index (κ2) is 9.68. The number of hydrogen-bond acceptors (Lipinski definition) is 5. The van der Waals surface area contributed by atoms with Gasteiger partial charge in [0, 0.05) is 23.7 Å². The molecule has 2 amide bonds. The topological polar surface area (TPSA) is 75.7 Å². The van der Waals surface area contributed by atoms with Gasteiger partial charge in [0.05, 0.1) is 6.54 Å². The van der Waals surface area contributed by atoms with E-state index in [1.165, 1.54) is 29.4 Å². The highest BCUT2D eigenvalue weighted by atomic mass is 32.1. The van der Waals surface area contributed by atoms with Gasteiger partial charge in [-0.25, -0.2) is 4.79 Å². The molecule has 1 aromatic heterocycles. The summed E-state index contributed by atoms with van der Waals surface area (Å²) in [5.74, 6) is -1.38. The number of carbonyl (C=O) groups is 3. The minimum absolute atomic E-state index is 0.130. The molecule has 6 nitrogen and oxygen atoms in total. The number of ether oxygens (including phenoxy) is 1. The molecule has 0 saturated carbocycles. The molecule has 142 valence electrons. The van der Waals surface area contributed by atoms with E-state index in [-0.39, 0.29) is 12.5 Å². The van der Waals surface area contributed by atoms with Gasteiger partial charge in [0.1, 0.15) is 0 Å².